The van der Waals surface area contributed by atoms with E-state index in [4.69, 9.17) is 4.74 Å². The Kier molecular flexibility index (Phi) is 7.84. The van der Waals surface area contributed by atoms with Gasteiger partial charge in [-0.05, 0) is 73.8 Å². The third-order valence-corrected chi connectivity index (χ3v) is 7.40. The van der Waals surface area contributed by atoms with Crippen LogP contribution in [0.15, 0.2) is 48.0 Å². The van der Waals surface area contributed by atoms with Gasteiger partial charge < -0.3 is 19.6 Å². The summed E-state index contributed by atoms with van der Waals surface area (Å²) in [7, 11) is 0. The number of likely N-dealkylation sites (tertiary alicyclic amines) is 1. The molecule has 1 fully saturated rings. The SMILES string of the molecule is CCN(CC)CCCN1C(=O)C(=O)C(=C(O)c2ccc3c(c2)CC(C)O3)C1c1ccc(C(C)C)cc1. The fourth-order valence-corrected chi connectivity index (χ4v) is 5.25. The molecule has 0 bridgehead atoms. The fourth-order valence-electron chi connectivity index (χ4n) is 5.25. The number of carbonyl (C=O) groups is 2. The number of ether oxygens (including phenoxy) is 1. The number of hydrogen-bond acceptors (Lipinski definition) is 5. The predicted octanol–water partition coefficient (Wildman–Crippen LogP) is 5.29. The molecule has 2 aromatic rings. The number of carbonyl (C=O) groups excluding carboxylic acids is 2. The number of aliphatic hydroxyl groups excluding tert-OH is 1. The molecule has 0 aliphatic carbocycles. The molecule has 2 aliphatic rings. The molecule has 2 aliphatic heterocycles. The maximum atomic E-state index is 13.3. The molecule has 2 atom stereocenters. The molecule has 36 heavy (non-hydrogen) atoms. The van der Waals surface area contributed by atoms with Gasteiger partial charge in [-0.3, -0.25) is 9.59 Å². The van der Waals surface area contributed by atoms with Gasteiger partial charge in [-0.2, -0.15) is 0 Å². The molecule has 2 unspecified atom stereocenters. The van der Waals surface area contributed by atoms with Gasteiger partial charge in [-0.15, -0.1) is 0 Å². The zero-order valence-electron chi connectivity index (χ0n) is 22.1. The molecular weight excluding hydrogens is 452 g/mol. The van der Waals surface area contributed by atoms with E-state index < -0.39 is 17.7 Å². The summed E-state index contributed by atoms with van der Waals surface area (Å²) in [6.45, 7) is 13.7. The Morgan fingerprint density at radius 1 is 1.11 bits per heavy atom. The van der Waals surface area contributed by atoms with E-state index in [-0.39, 0.29) is 17.4 Å². The monoisotopic (exact) mass is 490 g/mol. The minimum absolute atomic E-state index is 0.0771. The first kappa shape index (κ1) is 26.0. The topological polar surface area (TPSA) is 70.1 Å². The van der Waals surface area contributed by atoms with Crippen LogP contribution in [0.1, 0.15) is 75.3 Å². The standard InChI is InChI=1S/C30H38N2O4/c1-6-31(7-2)15-8-16-32-27(22-11-9-21(10-12-22)19(3)4)26(29(34)30(32)35)28(33)23-13-14-25-24(18-23)17-20(5)36-25/h9-14,18-20,27,33H,6-8,15-17H2,1-5H3. The predicted molar refractivity (Wildman–Crippen MR) is 142 cm³/mol. The van der Waals surface area contributed by atoms with Gasteiger partial charge in [0.25, 0.3) is 11.7 Å². The van der Waals surface area contributed by atoms with E-state index in [0.717, 1.165) is 49.4 Å². The van der Waals surface area contributed by atoms with Gasteiger partial charge in [0.15, 0.2) is 0 Å². The highest BCUT2D eigenvalue weighted by molar-refractivity contribution is 6.46. The number of Topliss-reactive ketones (excluding diaryl/α,β-unsaturated/α-hetero) is 1. The van der Waals surface area contributed by atoms with E-state index >= 15 is 0 Å². The second kappa shape index (κ2) is 10.9. The minimum Gasteiger partial charge on any atom is -0.507 e. The van der Waals surface area contributed by atoms with Crippen LogP contribution >= 0.6 is 0 Å². The van der Waals surface area contributed by atoms with Crippen molar-refractivity contribution in [2.75, 3.05) is 26.2 Å². The molecule has 0 saturated carbocycles. The first-order valence-corrected chi connectivity index (χ1v) is 13.2. The Morgan fingerprint density at radius 2 is 1.81 bits per heavy atom. The Hall–Kier alpha value is -3.12. The fraction of sp³-hybridized carbons (Fsp3) is 0.467. The smallest absolute Gasteiger partial charge is 0.295 e. The molecule has 1 saturated heterocycles. The van der Waals surface area contributed by atoms with Crippen LogP contribution in [0.5, 0.6) is 5.75 Å². The summed E-state index contributed by atoms with van der Waals surface area (Å²) >= 11 is 0. The molecule has 2 heterocycles. The Labute approximate surface area is 214 Å². The molecule has 1 amide bonds. The molecule has 6 heteroatoms. The maximum absolute atomic E-state index is 13.3. The van der Waals surface area contributed by atoms with Crippen molar-refractivity contribution >= 4 is 17.4 Å². The summed E-state index contributed by atoms with van der Waals surface area (Å²) in [5, 5.41) is 11.4. The number of nitrogens with zero attached hydrogens (tertiary/aromatic N) is 2. The zero-order valence-corrected chi connectivity index (χ0v) is 22.1. The molecule has 2 aromatic carbocycles. The number of aliphatic hydroxyl groups is 1. The van der Waals surface area contributed by atoms with E-state index in [2.05, 4.69) is 32.6 Å². The third kappa shape index (κ3) is 5.05. The summed E-state index contributed by atoms with van der Waals surface area (Å²) in [5.74, 6) is -0.127. The Bertz CT molecular complexity index is 1150. The summed E-state index contributed by atoms with van der Waals surface area (Å²) in [6.07, 6.45) is 1.58. The van der Waals surface area contributed by atoms with E-state index in [9.17, 15) is 14.7 Å². The molecule has 1 N–H and O–H groups in total. The quantitative estimate of drug-likeness (QED) is 0.294. The van der Waals surface area contributed by atoms with E-state index in [1.807, 2.05) is 43.3 Å². The van der Waals surface area contributed by atoms with Gasteiger partial charge in [0.2, 0.25) is 0 Å². The van der Waals surface area contributed by atoms with Gasteiger partial charge in [0, 0.05) is 18.5 Å². The number of rotatable bonds is 9. The minimum atomic E-state index is -0.626. The number of fused-ring (bicyclic) bond motifs is 1. The largest absolute Gasteiger partial charge is 0.507 e. The van der Waals surface area contributed by atoms with Gasteiger partial charge in [0.05, 0.1) is 11.6 Å². The third-order valence-electron chi connectivity index (χ3n) is 7.40. The average molecular weight is 491 g/mol. The van der Waals surface area contributed by atoms with Crippen LogP contribution in [0.4, 0.5) is 0 Å². The Morgan fingerprint density at radius 3 is 2.44 bits per heavy atom. The second-order valence-electron chi connectivity index (χ2n) is 10.1. The van der Waals surface area contributed by atoms with Crippen molar-refractivity contribution < 1.29 is 19.4 Å². The van der Waals surface area contributed by atoms with Crippen molar-refractivity contribution in [2.45, 2.75) is 65.5 Å². The number of benzene rings is 2. The lowest BCUT2D eigenvalue weighted by atomic mass is 9.92. The van der Waals surface area contributed by atoms with Crippen LogP contribution in [-0.4, -0.2) is 58.9 Å². The number of amides is 1. The highest BCUT2D eigenvalue weighted by Gasteiger charge is 2.45. The van der Waals surface area contributed by atoms with E-state index in [1.165, 1.54) is 5.56 Å². The molecule has 6 nitrogen and oxygen atoms in total. The van der Waals surface area contributed by atoms with Crippen LogP contribution in [0.2, 0.25) is 0 Å². The first-order valence-electron chi connectivity index (χ1n) is 13.2. The molecular formula is C30H38N2O4. The second-order valence-corrected chi connectivity index (χ2v) is 10.1. The van der Waals surface area contributed by atoms with Crippen molar-refractivity contribution in [2.24, 2.45) is 0 Å². The van der Waals surface area contributed by atoms with Crippen LogP contribution in [-0.2, 0) is 16.0 Å². The van der Waals surface area contributed by atoms with Crippen LogP contribution in [0.3, 0.4) is 0 Å². The summed E-state index contributed by atoms with van der Waals surface area (Å²) < 4.78 is 5.79. The van der Waals surface area contributed by atoms with Gasteiger partial charge in [0.1, 0.15) is 17.6 Å². The Balaban J connectivity index is 1.73. The van der Waals surface area contributed by atoms with E-state index in [1.54, 1.807) is 11.0 Å². The highest BCUT2D eigenvalue weighted by atomic mass is 16.5. The van der Waals surface area contributed by atoms with Crippen molar-refractivity contribution in [1.82, 2.24) is 9.80 Å². The summed E-state index contributed by atoms with van der Waals surface area (Å²) in [6, 6.07) is 12.9. The zero-order chi connectivity index (χ0) is 26.0. The number of hydrogen-bond donors (Lipinski definition) is 1. The lowest BCUT2D eigenvalue weighted by Crippen LogP contribution is -2.33. The molecule has 0 aromatic heterocycles. The molecule has 0 spiro atoms. The van der Waals surface area contributed by atoms with Gasteiger partial charge in [-0.25, -0.2) is 0 Å². The maximum Gasteiger partial charge on any atom is 0.295 e. The highest BCUT2D eigenvalue weighted by Crippen LogP contribution is 2.41. The lowest BCUT2D eigenvalue weighted by Gasteiger charge is -2.27. The van der Waals surface area contributed by atoms with Crippen LogP contribution in [0.25, 0.3) is 5.76 Å². The summed E-state index contributed by atoms with van der Waals surface area (Å²) in [4.78, 5) is 30.5. The van der Waals surface area contributed by atoms with Crippen LogP contribution in [0, 0.1) is 0 Å². The van der Waals surface area contributed by atoms with Crippen molar-refractivity contribution in [3.05, 3.63) is 70.3 Å². The molecule has 0 radical (unpaired) electrons. The normalized spacial score (nSPS) is 20.9. The van der Waals surface area contributed by atoms with Gasteiger partial charge in [-0.1, -0.05) is 52.0 Å². The average Bonchev–Trinajstić information content (AvgIpc) is 3.37. The molecule has 4 rings (SSSR count). The summed E-state index contributed by atoms with van der Waals surface area (Å²) in [5.41, 5.74) is 3.72. The number of ketones is 1. The van der Waals surface area contributed by atoms with Crippen molar-refractivity contribution in [1.29, 1.82) is 0 Å². The lowest BCUT2D eigenvalue weighted by molar-refractivity contribution is -0.140. The molecule has 192 valence electrons. The van der Waals surface area contributed by atoms with E-state index in [0.29, 0.717) is 18.0 Å². The van der Waals surface area contributed by atoms with Crippen molar-refractivity contribution in [3.63, 3.8) is 0 Å². The van der Waals surface area contributed by atoms with Gasteiger partial charge >= 0.3 is 0 Å². The van der Waals surface area contributed by atoms with Crippen LogP contribution < -0.4 is 4.74 Å². The first-order chi connectivity index (χ1) is 17.2. The van der Waals surface area contributed by atoms with Crippen molar-refractivity contribution in [3.8, 4) is 5.75 Å².